The third-order valence-electron chi connectivity index (χ3n) is 1.32. The molecule has 0 spiro atoms. The minimum atomic E-state index is -4.37. The van der Waals surface area contributed by atoms with Gasteiger partial charge in [0.15, 0.2) is 5.71 Å². The highest BCUT2D eigenvalue weighted by Gasteiger charge is 2.40. The van der Waals surface area contributed by atoms with E-state index in [2.05, 4.69) is 9.99 Å². The van der Waals surface area contributed by atoms with Gasteiger partial charge in [0.25, 0.3) is 0 Å². The molecule has 1 aliphatic heterocycles. The van der Waals surface area contributed by atoms with Crippen molar-refractivity contribution in [3.63, 3.8) is 0 Å². The third kappa shape index (κ3) is 1.83. The first kappa shape index (κ1) is 8.32. The summed E-state index contributed by atoms with van der Waals surface area (Å²) < 4.78 is 35.5. The summed E-state index contributed by atoms with van der Waals surface area (Å²) in [6.07, 6.45) is -5.21. The molecule has 0 aromatic carbocycles. The minimum Gasteiger partial charge on any atom is -0.391 e. The summed E-state index contributed by atoms with van der Waals surface area (Å²) in [5.41, 5.74) is 4.19. The van der Waals surface area contributed by atoms with Gasteiger partial charge in [-0.2, -0.15) is 13.2 Å². The fourth-order valence-corrected chi connectivity index (χ4v) is 0.722. The molecular formula is C5H7F3N2O. The molecule has 1 unspecified atom stereocenters. The summed E-state index contributed by atoms with van der Waals surface area (Å²) in [4.78, 5) is 4.38. The minimum absolute atomic E-state index is 0.0586. The van der Waals surface area contributed by atoms with Crippen LogP contribution in [0.4, 0.5) is 13.2 Å². The first-order valence-corrected chi connectivity index (χ1v) is 3.04. The summed E-state index contributed by atoms with van der Waals surface area (Å²) in [6.45, 7) is 0.0586. The van der Waals surface area contributed by atoms with Crippen LogP contribution in [0.3, 0.4) is 0 Å². The number of halogens is 3. The topological polar surface area (TPSA) is 47.6 Å². The zero-order chi connectivity index (χ0) is 8.48. The maximum Gasteiger partial charge on any atom is 0.432 e. The molecule has 0 radical (unpaired) electrons. The third-order valence-corrected chi connectivity index (χ3v) is 1.32. The Hall–Kier alpha value is -0.780. The van der Waals surface area contributed by atoms with Gasteiger partial charge in [-0.1, -0.05) is 5.16 Å². The second-order valence-electron chi connectivity index (χ2n) is 2.20. The van der Waals surface area contributed by atoms with Crippen molar-refractivity contribution in [3.05, 3.63) is 0 Å². The van der Waals surface area contributed by atoms with Crippen molar-refractivity contribution in [2.45, 2.75) is 18.7 Å². The standard InChI is InChI=1S/C5H7F3N2O/c6-5(7,8)4-1-3(2-9)11-10-4/h3H,1-2,9H2. The van der Waals surface area contributed by atoms with E-state index in [0.717, 1.165) is 0 Å². The summed E-state index contributed by atoms with van der Waals surface area (Å²) in [5.74, 6) is 0. The molecule has 11 heavy (non-hydrogen) atoms. The fourth-order valence-electron chi connectivity index (χ4n) is 0.722. The predicted molar refractivity (Wildman–Crippen MR) is 32.0 cm³/mol. The molecule has 0 amide bonds. The highest BCUT2D eigenvalue weighted by Crippen LogP contribution is 2.24. The van der Waals surface area contributed by atoms with E-state index >= 15 is 0 Å². The molecule has 2 N–H and O–H groups in total. The highest BCUT2D eigenvalue weighted by molar-refractivity contribution is 5.90. The van der Waals surface area contributed by atoms with E-state index < -0.39 is 18.0 Å². The second-order valence-corrected chi connectivity index (χ2v) is 2.20. The highest BCUT2D eigenvalue weighted by atomic mass is 19.4. The number of nitrogens with two attached hydrogens (primary N) is 1. The lowest BCUT2D eigenvalue weighted by Crippen LogP contribution is -2.26. The number of nitrogens with zero attached hydrogens (tertiary/aromatic N) is 1. The Labute approximate surface area is 61.0 Å². The summed E-state index contributed by atoms with van der Waals surface area (Å²) in [6, 6.07) is 0. The summed E-state index contributed by atoms with van der Waals surface area (Å²) >= 11 is 0. The predicted octanol–water partition coefficient (Wildman–Crippen LogP) is 0.652. The van der Waals surface area contributed by atoms with Gasteiger partial charge in [0.05, 0.1) is 0 Å². The van der Waals surface area contributed by atoms with Crippen LogP contribution in [-0.4, -0.2) is 24.5 Å². The largest absolute Gasteiger partial charge is 0.432 e. The van der Waals surface area contributed by atoms with Gasteiger partial charge < -0.3 is 10.6 Å². The normalized spacial score (nSPS) is 24.7. The van der Waals surface area contributed by atoms with E-state index in [0.29, 0.717) is 0 Å². The van der Waals surface area contributed by atoms with Crippen LogP contribution >= 0.6 is 0 Å². The Bertz CT molecular complexity index is 177. The maximum absolute atomic E-state index is 11.8. The Kier molecular flexibility index (Phi) is 2.03. The molecule has 0 fully saturated rings. The van der Waals surface area contributed by atoms with E-state index in [-0.39, 0.29) is 13.0 Å². The Morgan fingerprint density at radius 3 is 2.55 bits per heavy atom. The van der Waals surface area contributed by atoms with E-state index in [9.17, 15) is 13.2 Å². The monoisotopic (exact) mass is 168 g/mol. The average molecular weight is 168 g/mol. The lowest BCUT2D eigenvalue weighted by molar-refractivity contribution is -0.0604. The van der Waals surface area contributed by atoms with Crippen LogP contribution in [0.15, 0.2) is 5.16 Å². The van der Waals surface area contributed by atoms with E-state index in [4.69, 9.17) is 5.73 Å². The van der Waals surface area contributed by atoms with Crippen molar-refractivity contribution in [2.24, 2.45) is 10.9 Å². The van der Waals surface area contributed by atoms with Crippen LogP contribution in [0, 0.1) is 0 Å². The fraction of sp³-hybridized carbons (Fsp3) is 0.800. The van der Waals surface area contributed by atoms with Crippen molar-refractivity contribution in [1.82, 2.24) is 0 Å². The van der Waals surface area contributed by atoms with Crippen LogP contribution in [0.2, 0.25) is 0 Å². The summed E-state index contributed by atoms with van der Waals surface area (Å²) in [5, 5.41) is 2.87. The van der Waals surface area contributed by atoms with Crippen molar-refractivity contribution in [3.8, 4) is 0 Å². The molecule has 0 saturated heterocycles. The lowest BCUT2D eigenvalue weighted by atomic mass is 10.2. The summed E-state index contributed by atoms with van der Waals surface area (Å²) in [7, 11) is 0. The molecule has 1 atom stereocenters. The van der Waals surface area contributed by atoms with Crippen LogP contribution in [0.5, 0.6) is 0 Å². The van der Waals surface area contributed by atoms with Gasteiger partial charge in [-0.15, -0.1) is 0 Å². The van der Waals surface area contributed by atoms with E-state index in [1.165, 1.54) is 0 Å². The molecule has 3 nitrogen and oxygen atoms in total. The van der Waals surface area contributed by atoms with Gasteiger partial charge in [0.2, 0.25) is 0 Å². The molecule has 0 saturated carbocycles. The molecule has 0 bridgehead atoms. The average Bonchev–Trinajstić information content (AvgIpc) is 2.32. The first-order chi connectivity index (χ1) is 5.04. The molecule has 6 heteroatoms. The van der Waals surface area contributed by atoms with Crippen molar-refractivity contribution < 1.29 is 18.0 Å². The smallest absolute Gasteiger partial charge is 0.391 e. The van der Waals surface area contributed by atoms with Gasteiger partial charge in [0.1, 0.15) is 6.10 Å². The van der Waals surface area contributed by atoms with Crippen molar-refractivity contribution in [1.29, 1.82) is 0 Å². The first-order valence-electron chi connectivity index (χ1n) is 3.04. The number of hydrogen-bond acceptors (Lipinski definition) is 3. The van der Waals surface area contributed by atoms with Gasteiger partial charge in [-0.3, -0.25) is 0 Å². The number of alkyl halides is 3. The quantitative estimate of drug-likeness (QED) is 0.624. The lowest BCUT2D eigenvalue weighted by Gasteiger charge is -2.03. The number of hydrogen-bond donors (Lipinski definition) is 1. The number of oxime groups is 1. The zero-order valence-corrected chi connectivity index (χ0v) is 5.56. The van der Waals surface area contributed by atoms with E-state index in [1.807, 2.05) is 0 Å². The van der Waals surface area contributed by atoms with Gasteiger partial charge in [0, 0.05) is 13.0 Å². The SMILES string of the molecule is NCC1CC(C(F)(F)F)=NO1. The van der Waals surface area contributed by atoms with Crippen LogP contribution < -0.4 is 5.73 Å². The van der Waals surface area contributed by atoms with Crippen LogP contribution in [0.1, 0.15) is 6.42 Å². The Morgan fingerprint density at radius 1 is 1.64 bits per heavy atom. The van der Waals surface area contributed by atoms with Crippen LogP contribution in [-0.2, 0) is 4.84 Å². The zero-order valence-electron chi connectivity index (χ0n) is 5.56. The van der Waals surface area contributed by atoms with E-state index in [1.54, 1.807) is 0 Å². The van der Waals surface area contributed by atoms with Gasteiger partial charge >= 0.3 is 6.18 Å². The second kappa shape index (κ2) is 2.69. The molecule has 0 aliphatic carbocycles. The molecule has 1 rings (SSSR count). The van der Waals surface area contributed by atoms with Crippen LogP contribution in [0.25, 0.3) is 0 Å². The maximum atomic E-state index is 11.8. The molecule has 64 valence electrons. The molecule has 1 aliphatic rings. The Balaban J connectivity index is 2.53. The van der Waals surface area contributed by atoms with Gasteiger partial charge in [-0.05, 0) is 0 Å². The molecule has 0 aromatic rings. The van der Waals surface area contributed by atoms with Crippen molar-refractivity contribution in [2.75, 3.05) is 6.54 Å². The van der Waals surface area contributed by atoms with Gasteiger partial charge in [-0.25, -0.2) is 0 Å². The molecular weight excluding hydrogens is 161 g/mol. The number of rotatable bonds is 1. The van der Waals surface area contributed by atoms with Crippen molar-refractivity contribution >= 4 is 5.71 Å². The molecule has 0 aromatic heterocycles. The Morgan fingerprint density at radius 2 is 2.27 bits per heavy atom. The molecule has 1 heterocycles.